The van der Waals surface area contributed by atoms with Crippen molar-refractivity contribution in [2.75, 3.05) is 11.1 Å². The first-order valence-electron chi connectivity index (χ1n) is 7.38. The normalized spacial score (nSPS) is 16.8. The van der Waals surface area contributed by atoms with E-state index in [4.69, 9.17) is 0 Å². The highest BCUT2D eigenvalue weighted by Gasteiger charge is 2.28. The van der Waals surface area contributed by atoms with Crippen molar-refractivity contribution in [2.24, 2.45) is 0 Å². The molecule has 1 amide bonds. The van der Waals surface area contributed by atoms with Gasteiger partial charge in [0.05, 0.1) is 15.9 Å². The van der Waals surface area contributed by atoms with Gasteiger partial charge in [-0.25, -0.2) is 8.42 Å². The third-order valence-electron chi connectivity index (χ3n) is 3.80. The van der Waals surface area contributed by atoms with Gasteiger partial charge in [-0.2, -0.15) is 0 Å². The summed E-state index contributed by atoms with van der Waals surface area (Å²) in [6.45, 7) is 1.61. The molecule has 120 valence electrons. The van der Waals surface area contributed by atoms with E-state index in [1.54, 1.807) is 30.8 Å². The summed E-state index contributed by atoms with van der Waals surface area (Å²) < 4.78 is 23.6. The standard InChI is InChI=1S/C17H17NO3S2/c1-2-23(20,21)14-9-7-13(8-10-14)18-17(19)16-11-12-5-3-4-6-15(12)22-16/h3-10,16H,2,11H2,1H3,(H,18,19). The van der Waals surface area contributed by atoms with Gasteiger partial charge >= 0.3 is 0 Å². The van der Waals surface area contributed by atoms with Crippen LogP contribution in [0, 0.1) is 0 Å². The maximum atomic E-state index is 12.4. The number of fused-ring (bicyclic) bond motifs is 1. The Kier molecular flexibility index (Phi) is 4.46. The highest BCUT2D eigenvalue weighted by atomic mass is 32.2. The Morgan fingerprint density at radius 3 is 2.52 bits per heavy atom. The first-order valence-corrected chi connectivity index (χ1v) is 9.91. The molecule has 0 saturated carbocycles. The lowest BCUT2D eigenvalue weighted by atomic mass is 10.1. The van der Waals surface area contributed by atoms with Crippen LogP contribution in [0.4, 0.5) is 5.69 Å². The summed E-state index contributed by atoms with van der Waals surface area (Å²) in [6, 6.07) is 14.3. The zero-order chi connectivity index (χ0) is 16.4. The van der Waals surface area contributed by atoms with Crippen LogP contribution in [-0.4, -0.2) is 25.3 Å². The van der Waals surface area contributed by atoms with Crippen LogP contribution in [0.2, 0.25) is 0 Å². The monoisotopic (exact) mass is 347 g/mol. The van der Waals surface area contributed by atoms with E-state index < -0.39 is 9.84 Å². The lowest BCUT2D eigenvalue weighted by Gasteiger charge is -2.10. The number of sulfone groups is 1. The third kappa shape index (κ3) is 3.43. The minimum absolute atomic E-state index is 0.0581. The lowest BCUT2D eigenvalue weighted by molar-refractivity contribution is -0.115. The van der Waals surface area contributed by atoms with Crippen LogP contribution in [-0.2, 0) is 21.1 Å². The smallest absolute Gasteiger partial charge is 0.238 e. The average molecular weight is 347 g/mol. The fourth-order valence-corrected chi connectivity index (χ4v) is 4.54. The van der Waals surface area contributed by atoms with E-state index >= 15 is 0 Å². The highest BCUT2D eigenvalue weighted by Crippen LogP contribution is 2.37. The molecule has 2 aromatic rings. The molecule has 0 fully saturated rings. The second-order valence-corrected chi connectivity index (χ2v) is 8.86. The van der Waals surface area contributed by atoms with Crippen molar-refractivity contribution in [3.05, 3.63) is 54.1 Å². The molecule has 4 nitrogen and oxygen atoms in total. The molecule has 1 heterocycles. The summed E-state index contributed by atoms with van der Waals surface area (Å²) in [5.74, 6) is 0.00710. The molecule has 6 heteroatoms. The maximum Gasteiger partial charge on any atom is 0.238 e. The maximum absolute atomic E-state index is 12.4. The number of rotatable bonds is 4. The van der Waals surface area contributed by atoms with E-state index in [-0.39, 0.29) is 21.8 Å². The topological polar surface area (TPSA) is 63.2 Å². The van der Waals surface area contributed by atoms with E-state index in [0.29, 0.717) is 5.69 Å². The lowest BCUT2D eigenvalue weighted by Crippen LogP contribution is -2.24. The molecule has 0 spiro atoms. The number of anilines is 1. The van der Waals surface area contributed by atoms with Crippen molar-refractivity contribution < 1.29 is 13.2 Å². The molecule has 1 N–H and O–H groups in total. The highest BCUT2D eigenvalue weighted by molar-refractivity contribution is 8.01. The molecule has 1 unspecified atom stereocenters. The molecule has 0 saturated heterocycles. The fraction of sp³-hybridized carbons (Fsp3) is 0.235. The van der Waals surface area contributed by atoms with Crippen LogP contribution < -0.4 is 5.32 Å². The van der Waals surface area contributed by atoms with Crippen molar-refractivity contribution in [3.8, 4) is 0 Å². The van der Waals surface area contributed by atoms with Crippen molar-refractivity contribution >= 4 is 33.2 Å². The summed E-state index contributed by atoms with van der Waals surface area (Å²) in [5.41, 5.74) is 1.81. The Morgan fingerprint density at radius 2 is 1.87 bits per heavy atom. The SMILES string of the molecule is CCS(=O)(=O)c1ccc(NC(=O)C2Cc3ccccc3S2)cc1. The number of thioether (sulfide) groups is 1. The number of carbonyl (C=O) groups excluding carboxylic acids is 1. The minimum atomic E-state index is -3.21. The summed E-state index contributed by atoms with van der Waals surface area (Å²) in [6.07, 6.45) is 0.717. The molecule has 2 aromatic carbocycles. The van der Waals surface area contributed by atoms with Gasteiger partial charge in [0.1, 0.15) is 0 Å². The third-order valence-corrected chi connectivity index (χ3v) is 6.87. The van der Waals surface area contributed by atoms with Crippen molar-refractivity contribution in [1.29, 1.82) is 0 Å². The molecule has 0 aromatic heterocycles. The molecule has 23 heavy (non-hydrogen) atoms. The minimum Gasteiger partial charge on any atom is -0.325 e. The van der Waals surface area contributed by atoms with Gasteiger partial charge in [-0.3, -0.25) is 4.79 Å². The number of carbonyl (C=O) groups is 1. The van der Waals surface area contributed by atoms with Crippen LogP contribution in [0.5, 0.6) is 0 Å². The predicted molar refractivity (Wildman–Crippen MR) is 92.6 cm³/mol. The van der Waals surface area contributed by atoms with Gasteiger partial charge in [0.25, 0.3) is 0 Å². The molecule has 0 bridgehead atoms. The van der Waals surface area contributed by atoms with Gasteiger partial charge in [0.2, 0.25) is 5.91 Å². The van der Waals surface area contributed by atoms with E-state index in [9.17, 15) is 13.2 Å². The molecule has 1 atom stereocenters. The Balaban J connectivity index is 1.68. The largest absolute Gasteiger partial charge is 0.325 e. The number of benzene rings is 2. The van der Waals surface area contributed by atoms with Crippen LogP contribution in [0.1, 0.15) is 12.5 Å². The summed E-state index contributed by atoms with van der Waals surface area (Å²) in [4.78, 5) is 13.8. The Labute approximate surface area is 140 Å². The van der Waals surface area contributed by atoms with Crippen LogP contribution in [0.3, 0.4) is 0 Å². The number of amides is 1. The Hall–Kier alpha value is -1.79. The van der Waals surface area contributed by atoms with Gasteiger partial charge in [-0.1, -0.05) is 25.1 Å². The van der Waals surface area contributed by atoms with Gasteiger partial charge in [-0.15, -0.1) is 11.8 Å². The molecule has 1 aliphatic rings. The van der Waals surface area contributed by atoms with E-state index in [2.05, 4.69) is 5.32 Å². The summed E-state index contributed by atoms with van der Waals surface area (Å²) in [5, 5.41) is 2.71. The summed E-state index contributed by atoms with van der Waals surface area (Å²) in [7, 11) is -3.21. The van der Waals surface area contributed by atoms with Crippen LogP contribution in [0.15, 0.2) is 58.3 Å². The van der Waals surface area contributed by atoms with Crippen LogP contribution >= 0.6 is 11.8 Å². The molecule has 0 aliphatic carbocycles. The second-order valence-electron chi connectivity index (χ2n) is 5.34. The van der Waals surface area contributed by atoms with E-state index in [0.717, 1.165) is 11.3 Å². The van der Waals surface area contributed by atoms with Gasteiger partial charge in [0.15, 0.2) is 9.84 Å². The van der Waals surface area contributed by atoms with Crippen molar-refractivity contribution in [2.45, 2.75) is 28.4 Å². The first-order chi connectivity index (χ1) is 11.0. The summed E-state index contributed by atoms with van der Waals surface area (Å²) >= 11 is 1.57. The van der Waals surface area contributed by atoms with E-state index in [1.165, 1.54) is 17.7 Å². The van der Waals surface area contributed by atoms with Gasteiger partial charge < -0.3 is 5.32 Å². The molecule has 1 aliphatic heterocycles. The fourth-order valence-electron chi connectivity index (χ4n) is 2.46. The molecule has 3 rings (SSSR count). The number of hydrogen-bond acceptors (Lipinski definition) is 4. The first kappa shape index (κ1) is 16.1. The molecule has 0 radical (unpaired) electrons. The molecular weight excluding hydrogens is 330 g/mol. The predicted octanol–water partition coefficient (Wildman–Crippen LogP) is 3.14. The Morgan fingerprint density at radius 1 is 1.17 bits per heavy atom. The van der Waals surface area contributed by atoms with Crippen molar-refractivity contribution in [3.63, 3.8) is 0 Å². The van der Waals surface area contributed by atoms with Gasteiger partial charge in [-0.05, 0) is 42.3 Å². The Bertz CT molecular complexity index is 804. The average Bonchev–Trinajstić information content (AvgIpc) is 2.99. The number of hydrogen-bond donors (Lipinski definition) is 1. The van der Waals surface area contributed by atoms with Gasteiger partial charge in [0, 0.05) is 10.6 Å². The quantitative estimate of drug-likeness (QED) is 0.923. The zero-order valence-corrected chi connectivity index (χ0v) is 14.3. The van der Waals surface area contributed by atoms with E-state index in [1.807, 2.05) is 24.3 Å². The van der Waals surface area contributed by atoms with Crippen LogP contribution in [0.25, 0.3) is 0 Å². The number of nitrogens with one attached hydrogen (secondary N) is 1. The zero-order valence-electron chi connectivity index (χ0n) is 12.7. The second kappa shape index (κ2) is 6.37. The van der Waals surface area contributed by atoms with Crippen molar-refractivity contribution in [1.82, 2.24) is 0 Å². The molecular formula is C17H17NO3S2.